The van der Waals surface area contributed by atoms with Crippen molar-refractivity contribution in [3.05, 3.63) is 59.5 Å². The number of carbonyl (C=O) groups excluding carboxylic acids is 2. The Bertz CT molecular complexity index is 853. The summed E-state index contributed by atoms with van der Waals surface area (Å²) in [5.74, 6) is 0.674. The Morgan fingerprint density at radius 1 is 1.21 bits per heavy atom. The van der Waals surface area contributed by atoms with Gasteiger partial charge in [-0.1, -0.05) is 44.4 Å². The zero-order valence-electron chi connectivity index (χ0n) is 17.2. The summed E-state index contributed by atoms with van der Waals surface area (Å²) in [5, 5.41) is 3.14. The minimum Gasteiger partial charge on any atom is -0.469 e. The first kappa shape index (κ1) is 19.7. The van der Waals surface area contributed by atoms with Gasteiger partial charge in [0.05, 0.1) is 17.7 Å². The third-order valence-corrected chi connectivity index (χ3v) is 6.54. The Morgan fingerprint density at radius 3 is 2.72 bits per heavy atom. The van der Waals surface area contributed by atoms with Crippen molar-refractivity contribution in [1.82, 2.24) is 10.2 Å². The molecule has 2 aromatic rings. The lowest BCUT2D eigenvalue weighted by molar-refractivity contribution is -0.126. The molecule has 1 aromatic carbocycles. The fourth-order valence-corrected chi connectivity index (χ4v) is 5.17. The molecule has 29 heavy (non-hydrogen) atoms. The molecule has 1 aliphatic heterocycles. The highest BCUT2D eigenvalue weighted by molar-refractivity contribution is 6.02. The number of hydrogen-bond donors (Lipinski definition) is 1. The highest BCUT2D eigenvalue weighted by Gasteiger charge is 2.55. The number of benzene rings is 1. The molecule has 1 N–H and O–H groups in total. The number of nitrogens with zero attached hydrogens (tertiary/aromatic N) is 1. The first-order chi connectivity index (χ1) is 14.2. The zero-order valence-corrected chi connectivity index (χ0v) is 17.2. The van der Waals surface area contributed by atoms with Gasteiger partial charge < -0.3 is 14.6 Å². The van der Waals surface area contributed by atoms with E-state index in [1.807, 2.05) is 41.3 Å². The summed E-state index contributed by atoms with van der Waals surface area (Å²) in [6.07, 6.45) is 8.23. The fourth-order valence-electron chi connectivity index (χ4n) is 5.17. The molecule has 5 nitrogen and oxygen atoms in total. The second kappa shape index (κ2) is 8.44. The second-order valence-corrected chi connectivity index (χ2v) is 8.26. The monoisotopic (exact) mass is 394 g/mol. The second-order valence-electron chi connectivity index (χ2n) is 8.26. The molecule has 4 rings (SSSR count). The minimum atomic E-state index is -0.393. The van der Waals surface area contributed by atoms with Gasteiger partial charge in [0, 0.05) is 25.1 Å². The van der Waals surface area contributed by atoms with E-state index in [0.717, 1.165) is 56.4 Å². The first-order valence-electron chi connectivity index (χ1n) is 10.9. The predicted molar refractivity (Wildman–Crippen MR) is 112 cm³/mol. The van der Waals surface area contributed by atoms with E-state index in [9.17, 15) is 9.59 Å². The normalized spacial score (nSPS) is 20.1. The summed E-state index contributed by atoms with van der Waals surface area (Å²) in [6, 6.07) is 11.5. The standard InChI is InChI=1S/C24H30N2O3/c1-2-3-16-26-23(28)20-11-5-4-10-19(20)21(24(26)13-6-7-14-24)22(27)25-15-12-18-9-8-17-29-18/h4-5,8-11,17,21H,2-3,6-7,12-16H2,1H3,(H,25,27)/t21-/m0/s1. The molecule has 0 radical (unpaired) electrons. The van der Waals surface area contributed by atoms with Crippen LogP contribution in [-0.2, 0) is 11.2 Å². The van der Waals surface area contributed by atoms with E-state index in [-0.39, 0.29) is 17.7 Å². The maximum absolute atomic E-state index is 13.5. The van der Waals surface area contributed by atoms with Gasteiger partial charge in [-0.3, -0.25) is 9.59 Å². The van der Waals surface area contributed by atoms with Crippen molar-refractivity contribution in [2.75, 3.05) is 13.1 Å². The number of amides is 2. The summed E-state index contributed by atoms with van der Waals surface area (Å²) < 4.78 is 5.38. The van der Waals surface area contributed by atoms with E-state index in [0.29, 0.717) is 18.5 Å². The Morgan fingerprint density at radius 2 is 2.00 bits per heavy atom. The van der Waals surface area contributed by atoms with Gasteiger partial charge in [0.15, 0.2) is 0 Å². The van der Waals surface area contributed by atoms with E-state index in [2.05, 4.69) is 12.2 Å². The van der Waals surface area contributed by atoms with Crippen LogP contribution in [0.15, 0.2) is 47.1 Å². The van der Waals surface area contributed by atoms with Gasteiger partial charge in [-0.2, -0.15) is 0 Å². The summed E-state index contributed by atoms with van der Waals surface area (Å²) in [5.41, 5.74) is 1.19. The Hall–Kier alpha value is -2.56. The van der Waals surface area contributed by atoms with Crippen LogP contribution in [0.2, 0.25) is 0 Å². The lowest BCUT2D eigenvalue weighted by Crippen LogP contribution is -2.60. The Labute approximate surface area is 172 Å². The lowest BCUT2D eigenvalue weighted by atomic mass is 9.71. The number of furan rings is 1. The summed E-state index contributed by atoms with van der Waals surface area (Å²) in [7, 11) is 0. The summed E-state index contributed by atoms with van der Waals surface area (Å²) in [6.45, 7) is 3.40. The molecule has 0 saturated heterocycles. The van der Waals surface area contributed by atoms with Crippen molar-refractivity contribution >= 4 is 11.8 Å². The maximum Gasteiger partial charge on any atom is 0.254 e. The molecule has 2 aliphatic rings. The van der Waals surface area contributed by atoms with Gasteiger partial charge in [0.25, 0.3) is 5.91 Å². The van der Waals surface area contributed by atoms with E-state index < -0.39 is 5.54 Å². The maximum atomic E-state index is 13.5. The van der Waals surface area contributed by atoms with Crippen LogP contribution in [0.3, 0.4) is 0 Å². The summed E-state index contributed by atoms with van der Waals surface area (Å²) in [4.78, 5) is 28.9. The van der Waals surface area contributed by atoms with Crippen LogP contribution in [0, 0.1) is 0 Å². The van der Waals surface area contributed by atoms with Crippen molar-refractivity contribution in [2.24, 2.45) is 0 Å². The van der Waals surface area contributed by atoms with Crippen LogP contribution in [-0.4, -0.2) is 35.3 Å². The minimum absolute atomic E-state index is 0.0277. The fraction of sp³-hybridized carbons (Fsp3) is 0.500. The molecular weight excluding hydrogens is 364 g/mol. The van der Waals surface area contributed by atoms with Crippen molar-refractivity contribution in [3.8, 4) is 0 Å². The third-order valence-electron chi connectivity index (χ3n) is 6.54. The molecule has 1 aromatic heterocycles. The number of nitrogens with one attached hydrogen (secondary N) is 1. The van der Waals surface area contributed by atoms with Crippen LogP contribution in [0.4, 0.5) is 0 Å². The number of unbranched alkanes of at least 4 members (excludes halogenated alkanes) is 1. The van der Waals surface area contributed by atoms with Gasteiger partial charge in [-0.05, 0) is 43.0 Å². The molecule has 2 heterocycles. The molecule has 1 fully saturated rings. The third kappa shape index (κ3) is 3.59. The average molecular weight is 395 g/mol. The number of fused-ring (bicyclic) bond motifs is 1. The van der Waals surface area contributed by atoms with Gasteiger partial charge in [0.2, 0.25) is 5.91 Å². The van der Waals surface area contributed by atoms with Crippen LogP contribution in [0.5, 0.6) is 0 Å². The van der Waals surface area contributed by atoms with Crippen molar-refractivity contribution in [1.29, 1.82) is 0 Å². The number of hydrogen-bond acceptors (Lipinski definition) is 3. The SMILES string of the molecule is CCCCN1C(=O)c2ccccc2[C@@H](C(=O)NCCc2ccco2)C12CCCC2. The average Bonchev–Trinajstić information content (AvgIpc) is 3.41. The molecular formula is C24H30N2O3. The molecule has 0 unspecified atom stereocenters. The lowest BCUT2D eigenvalue weighted by Gasteiger charge is -2.50. The zero-order chi connectivity index (χ0) is 20.3. The molecule has 154 valence electrons. The van der Waals surface area contributed by atoms with Crippen molar-refractivity contribution < 1.29 is 14.0 Å². The molecule has 5 heteroatoms. The van der Waals surface area contributed by atoms with Crippen LogP contribution >= 0.6 is 0 Å². The first-order valence-corrected chi connectivity index (χ1v) is 10.9. The van der Waals surface area contributed by atoms with Gasteiger partial charge in [0.1, 0.15) is 5.76 Å². The van der Waals surface area contributed by atoms with E-state index in [1.54, 1.807) is 6.26 Å². The van der Waals surface area contributed by atoms with Crippen LogP contribution < -0.4 is 5.32 Å². The van der Waals surface area contributed by atoms with Crippen LogP contribution in [0.25, 0.3) is 0 Å². The predicted octanol–water partition coefficient (Wildman–Crippen LogP) is 4.29. The van der Waals surface area contributed by atoms with Crippen molar-refractivity contribution in [3.63, 3.8) is 0 Å². The number of rotatable bonds is 7. The highest BCUT2D eigenvalue weighted by atomic mass is 16.3. The molecule has 2 amide bonds. The van der Waals surface area contributed by atoms with E-state index >= 15 is 0 Å². The van der Waals surface area contributed by atoms with Crippen molar-refractivity contribution in [2.45, 2.75) is 63.3 Å². The largest absolute Gasteiger partial charge is 0.469 e. The molecule has 0 bridgehead atoms. The van der Waals surface area contributed by atoms with E-state index in [4.69, 9.17) is 4.42 Å². The molecule has 1 aliphatic carbocycles. The quantitative estimate of drug-likeness (QED) is 0.762. The summed E-state index contributed by atoms with van der Waals surface area (Å²) >= 11 is 0. The van der Waals surface area contributed by atoms with Crippen LogP contribution in [0.1, 0.15) is 73.0 Å². The smallest absolute Gasteiger partial charge is 0.254 e. The number of carbonyl (C=O) groups is 2. The molecule has 1 spiro atoms. The Balaban J connectivity index is 1.65. The van der Waals surface area contributed by atoms with E-state index in [1.165, 1.54) is 0 Å². The topological polar surface area (TPSA) is 62.6 Å². The Kier molecular flexibility index (Phi) is 5.74. The van der Waals surface area contributed by atoms with Gasteiger partial charge in [-0.15, -0.1) is 0 Å². The van der Waals surface area contributed by atoms with Gasteiger partial charge in [-0.25, -0.2) is 0 Å². The van der Waals surface area contributed by atoms with Gasteiger partial charge >= 0.3 is 0 Å². The molecule has 1 atom stereocenters. The molecule has 1 saturated carbocycles. The highest BCUT2D eigenvalue weighted by Crippen LogP contribution is 2.50.